The van der Waals surface area contributed by atoms with Crippen molar-refractivity contribution in [2.45, 2.75) is 97.8 Å². The Morgan fingerprint density at radius 2 is 0.792 bits per heavy atom. The Balaban J connectivity index is -0.0000000817. The Hall–Kier alpha value is -0.611. The summed E-state index contributed by atoms with van der Waals surface area (Å²) in [6.45, 7) is 7.09. The van der Waals surface area contributed by atoms with Crippen molar-refractivity contribution in [1.82, 2.24) is 0 Å². The molecule has 0 aliphatic heterocycles. The Morgan fingerprint density at radius 3 is 0.875 bits per heavy atom. The molecule has 0 heterocycles. The summed E-state index contributed by atoms with van der Waals surface area (Å²) in [6.07, 6.45) is 66.9. The Labute approximate surface area is 353 Å². The number of hydrogen-bond donors (Lipinski definition) is 2. The van der Waals surface area contributed by atoms with Gasteiger partial charge in [-0.3, -0.25) is 36.5 Å². The van der Waals surface area contributed by atoms with E-state index in [0.717, 1.165) is 57.8 Å². The van der Waals surface area contributed by atoms with Crippen molar-refractivity contribution in [3.05, 3.63) is 146 Å². The van der Waals surface area contributed by atoms with Gasteiger partial charge in [0.1, 0.15) is 0 Å². The monoisotopic (exact) mass is 906 g/mol. The van der Waals surface area contributed by atoms with E-state index in [1.165, 1.54) is 19.3 Å². The van der Waals surface area contributed by atoms with E-state index in [1.807, 2.05) is 72.9 Å². The molecular weight excluding hydrogens is 846 g/mol. The van der Waals surface area contributed by atoms with Crippen LogP contribution in [0.5, 0.6) is 0 Å². The predicted molar refractivity (Wildman–Crippen MR) is 193 cm³/mol. The number of aliphatic hydroxyl groups excluding tert-OH is 2. The largest absolute Gasteiger partial charge is 4.00 e. The van der Waals surface area contributed by atoms with Crippen molar-refractivity contribution in [3.63, 3.8) is 0 Å². The second-order valence-corrected chi connectivity index (χ2v) is 9.69. The van der Waals surface area contributed by atoms with E-state index in [1.54, 1.807) is 0 Å². The summed E-state index contributed by atoms with van der Waals surface area (Å²) in [6, 6.07) is 0. The number of aliphatic hydroxyl groups is 2. The summed E-state index contributed by atoms with van der Waals surface area (Å²) >= 11 is 0. The van der Waals surface area contributed by atoms with Crippen LogP contribution in [-0.4, -0.2) is 23.4 Å². The fourth-order valence-corrected chi connectivity index (χ4v) is 3.12. The number of rotatable bonds is 7. The van der Waals surface area contributed by atoms with Gasteiger partial charge in [-0.05, 0) is 18.8 Å². The van der Waals surface area contributed by atoms with Gasteiger partial charge in [-0.1, -0.05) is 46.5 Å². The zero-order valence-corrected chi connectivity index (χ0v) is 37.1. The second-order valence-electron chi connectivity index (χ2n) is 9.69. The molecule has 6 aliphatic rings. The Kier molecular flexibility index (Phi) is 72.7. The third-order valence-electron chi connectivity index (χ3n) is 5.83. The molecule has 2 N–H and O–H groups in total. The molecule has 0 saturated carbocycles. The molecule has 0 saturated heterocycles. The SMILES string of the molecule is CCCCC(CC)CO.CCCCO.[C-]1=CC=CC1.[C-]1=CC=CC1.[C-]1=CC=CC1.[C-]1=CC=CC1.[C-]1=CC=CC1.[C-]1=CC=CC1.[Cl-].[H-].[Hf+4].[Ti+3].[Ti+3]. The Bertz CT molecular complexity index is 725. The van der Waals surface area contributed by atoms with Crippen LogP contribution < -0.4 is 12.4 Å². The van der Waals surface area contributed by atoms with E-state index < -0.39 is 0 Å². The maximum atomic E-state index is 8.75. The molecule has 6 rings (SSSR count). The van der Waals surface area contributed by atoms with E-state index in [9.17, 15) is 0 Å². The molecule has 0 aromatic heterocycles. The summed E-state index contributed by atoms with van der Waals surface area (Å²) in [5.41, 5.74) is 0. The van der Waals surface area contributed by atoms with Crippen LogP contribution in [0.2, 0.25) is 0 Å². The van der Waals surface area contributed by atoms with Crippen LogP contribution in [0.25, 0.3) is 0 Å². The molecule has 1 unspecified atom stereocenters. The van der Waals surface area contributed by atoms with Crippen molar-refractivity contribution >= 4 is 0 Å². The van der Waals surface area contributed by atoms with Gasteiger partial charge in [0.2, 0.25) is 0 Å². The third-order valence-corrected chi connectivity index (χ3v) is 5.83. The van der Waals surface area contributed by atoms with Gasteiger partial charge in [0.05, 0.1) is 0 Å². The molecular formula is C42H59ClHfO2Ti2+2. The molecule has 6 aliphatic carbocycles. The average molecular weight is 906 g/mol. The predicted octanol–water partition coefficient (Wildman–Crippen LogP) is 7.92. The first-order valence-corrected chi connectivity index (χ1v) is 16.3. The molecule has 0 bridgehead atoms. The molecule has 0 spiro atoms. The molecule has 6 heteroatoms. The minimum atomic E-state index is 0. The van der Waals surface area contributed by atoms with E-state index >= 15 is 0 Å². The first-order valence-electron chi connectivity index (χ1n) is 16.3. The van der Waals surface area contributed by atoms with Crippen molar-refractivity contribution in [2.75, 3.05) is 13.2 Å². The van der Waals surface area contributed by atoms with Gasteiger partial charge in [-0.15, -0.1) is 38.5 Å². The van der Waals surface area contributed by atoms with Gasteiger partial charge >= 0.3 is 69.3 Å². The minimum absolute atomic E-state index is 0. The van der Waals surface area contributed by atoms with E-state index in [0.29, 0.717) is 19.1 Å². The minimum Gasteiger partial charge on any atom is -1.00 e. The molecule has 2 nitrogen and oxygen atoms in total. The maximum absolute atomic E-state index is 8.75. The van der Waals surface area contributed by atoms with E-state index in [4.69, 9.17) is 10.2 Å². The van der Waals surface area contributed by atoms with Crippen molar-refractivity contribution < 1.29 is 93.3 Å². The van der Waals surface area contributed by atoms with Crippen LogP contribution in [0.3, 0.4) is 0 Å². The van der Waals surface area contributed by atoms with Crippen LogP contribution in [0.1, 0.15) is 99.2 Å². The molecule has 0 amide bonds. The zero-order chi connectivity index (χ0) is 32.4. The van der Waals surface area contributed by atoms with Crippen molar-refractivity contribution in [3.8, 4) is 0 Å². The molecule has 1 atom stereocenters. The summed E-state index contributed by atoms with van der Waals surface area (Å²) in [5, 5.41) is 16.8. The van der Waals surface area contributed by atoms with Gasteiger partial charge in [-0.25, -0.2) is 72.9 Å². The summed E-state index contributed by atoms with van der Waals surface area (Å²) < 4.78 is 0. The van der Waals surface area contributed by atoms with Crippen LogP contribution >= 0.6 is 0 Å². The number of unbranched alkanes of at least 4 members (excludes halogenated alkanes) is 2. The molecule has 0 aromatic carbocycles. The first kappa shape index (κ1) is 59.5. The summed E-state index contributed by atoms with van der Waals surface area (Å²) in [7, 11) is 0. The van der Waals surface area contributed by atoms with Gasteiger partial charge in [0.25, 0.3) is 0 Å². The summed E-state index contributed by atoms with van der Waals surface area (Å²) in [4.78, 5) is 0. The van der Waals surface area contributed by atoms with E-state index in [-0.39, 0.29) is 83.1 Å². The maximum Gasteiger partial charge on any atom is 4.00 e. The van der Waals surface area contributed by atoms with Gasteiger partial charge in [0.15, 0.2) is 0 Å². The molecule has 256 valence electrons. The van der Waals surface area contributed by atoms with Crippen LogP contribution in [0.15, 0.2) is 109 Å². The number of hydrogen-bond acceptors (Lipinski definition) is 2. The molecule has 0 aromatic rings. The first-order chi connectivity index (χ1) is 21.8. The second kappa shape index (κ2) is 58.6. The van der Waals surface area contributed by atoms with Crippen molar-refractivity contribution in [2.24, 2.45) is 5.92 Å². The molecule has 0 fully saturated rings. The summed E-state index contributed by atoms with van der Waals surface area (Å²) in [5.74, 6) is 0.560. The standard InChI is InChI=1S/C8H18O.6C5H5.C4H10O.ClH.Hf.2Ti.H/c1-3-5-6-8(4-2)7-9;6*1-2-4-5-3-1;1-2-3-4-5;;;;;/h8-9H,3-7H2,1-2H3;6*1-3H,4H2;5H,2-4H2,1H3;1H;;;;/q;6*-1;;;+4;2*+3;-1/p-1. The van der Waals surface area contributed by atoms with E-state index in [2.05, 4.69) is 93.7 Å². The van der Waals surface area contributed by atoms with Gasteiger partial charge in [-0.2, -0.15) is 36.5 Å². The normalized spacial score (nSPS) is 14.4. The average Bonchev–Trinajstić information content (AvgIpc) is 3.92. The number of halogens is 1. The molecule has 48 heavy (non-hydrogen) atoms. The number of allylic oxidation sites excluding steroid dienone is 24. The van der Waals surface area contributed by atoms with Gasteiger partial charge < -0.3 is 24.0 Å². The van der Waals surface area contributed by atoms with Crippen LogP contribution in [-0.2, 0) is 69.3 Å². The third kappa shape index (κ3) is 57.6. The van der Waals surface area contributed by atoms with Gasteiger partial charge in [0, 0.05) is 13.2 Å². The fraction of sp³-hybridized carbons (Fsp3) is 0.429. The fourth-order valence-electron chi connectivity index (χ4n) is 3.12. The topological polar surface area (TPSA) is 40.5 Å². The van der Waals surface area contributed by atoms with Crippen LogP contribution in [0, 0.1) is 42.4 Å². The molecule has 2 radical (unpaired) electrons. The smallest absolute Gasteiger partial charge is 1.00 e. The zero-order valence-electron chi connectivity index (χ0n) is 30.6. The Morgan fingerprint density at radius 1 is 0.521 bits per heavy atom. The quantitative estimate of drug-likeness (QED) is 0.202. The van der Waals surface area contributed by atoms with Crippen molar-refractivity contribution in [1.29, 1.82) is 0 Å². The van der Waals surface area contributed by atoms with Crippen LogP contribution in [0.4, 0.5) is 0 Å².